The van der Waals surface area contributed by atoms with Gasteiger partial charge in [0, 0.05) is 17.1 Å². The lowest BCUT2D eigenvalue weighted by Crippen LogP contribution is -2.43. The van der Waals surface area contributed by atoms with E-state index in [1.165, 1.54) is 0 Å². The Morgan fingerprint density at radius 1 is 1.29 bits per heavy atom. The highest BCUT2D eigenvalue weighted by atomic mass is 16.1. The summed E-state index contributed by atoms with van der Waals surface area (Å²) in [6.45, 7) is 6.16. The number of nitrogens with one attached hydrogen (secondary N) is 2. The maximum Gasteiger partial charge on any atom is 0.253 e. The lowest BCUT2D eigenvalue weighted by atomic mass is 9.97. The van der Waals surface area contributed by atoms with Crippen molar-refractivity contribution in [1.29, 1.82) is 0 Å². The standard InChI is InChI=1S/C16H22N4O/c1-4-9-16(2,3)19-15(21)13-10-18-14(20-17)12-8-6-5-7-11(12)13/h5-8,10H,4,9,17H2,1-3H3,(H,18,20)(H,19,21). The number of anilines is 1. The van der Waals surface area contributed by atoms with Crippen molar-refractivity contribution < 1.29 is 4.79 Å². The minimum absolute atomic E-state index is 0.110. The molecule has 112 valence electrons. The van der Waals surface area contributed by atoms with E-state index in [4.69, 9.17) is 5.84 Å². The zero-order valence-electron chi connectivity index (χ0n) is 12.7. The van der Waals surface area contributed by atoms with Gasteiger partial charge in [-0.2, -0.15) is 0 Å². The van der Waals surface area contributed by atoms with Gasteiger partial charge in [-0.05, 0) is 25.7 Å². The molecule has 0 spiro atoms. The van der Waals surface area contributed by atoms with Gasteiger partial charge in [-0.3, -0.25) is 4.79 Å². The molecule has 0 atom stereocenters. The van der Waals surface area contributed by atoms with Gasteiger partial charge < -0.3 is 10.7 Å². The van der Waals surface area contributed by atoms with Gasteiger partial charge in [0.05, 0.1) is 5.56 Å². The number of nitrogens with two attached hydrogens (primary N) is 1. The maximum absolute atomic E-state index is 12.5. The molecule has 5 nitrogen and oxygen atoms in total. The van der Waals surface area contributed by atoms with Gasteiger partial charge in [-0.15, -0.1) is 0 Å². The maximum atomic E-state index is 12.5. The van der Waals surface area contributed by atoms with Crippen LogP contribution in [0.4, 0.5) is 5.82 Å². The number of rotatable bonds is 5. The predicted octanol–water partition coefficient (Wildman–Crippen LogP) is 2.83. The average Bonchev–Trinajstić information content (AvgIpc) is 2.45. The van der Waals surface area contributed by atoms with Crippen LogP contribution in [0.25, 0.3) is 10.8 Å². The summed E-state index contributed by atoms with van der Waals surface area (Å²) in [4.78, 5) is 16.8. The van der Waals surface area contributed by atoms with Gasteiger partial charge in [-0.1, -0.05) is 37.6 Å². The number of aromatic nitrogens is 1. The predicted molar refractivity (Wildman–Crippen MR) is 86.0 cm³/mol. The molecule has 1 heterocycles. The van der Waals surface area contributed by atoms with Crippen molar-refractivity contribution >= 4 is 22.5 Å². The third-order valence-electron chi connectivity index (χ3n) is 3.50. The second-order valence-corrected chi connectivity index (χ2v) is 5.80. The molecular weight excluding hydrogens is 264 g/mol. The molecule has 21 heavy (non-hydrogen) atoms. The number of hydrazine groups is 1. The monoisotopic (exact) mass is 286 g/mol. The molecule has 2 aromatic rings. The summed E-state index contributed by atoms with van der Waals surface area (Å²) < 4.78 is 0. The topological polar surface area (TPSA) is 80.0 Å². The van der Waals surface area contributed by atoms with Crippen LogP contribution in [-0.4, -0.2) is 16.4 Å². The van der Waals surface area contributed by atoms with Crippen molar-refractivity contribution in [2.75, 3.05) is 5.43 Å². The number of benzene rings is 1. The number of pyridine rings is 1. The summed E-state index contributed by atoms with van der Waals surface area (Å²) in [5, 5.41) is 4.74. The van der Waals surface area contributed by atoms with Gasteiger partial charge in [-0.25, -0.2) is 10.8 Å². The first kappa shape index (κ1) is 15.3. The lowest BCUT2D eigenvalue weighted by Gasteiger charge is -2.26. The van der Waals surface area contributed by atoms with E-state index in [2.05, 4.69) is 22.7 Å². The Morgan fingerprint density at radius 3 is 2.57 bits per heavy atom. The van der Waals surface area contributed by atoms with E-state index in [0.717, 1.165) is 23.6 Å². The first-order valence-electron chi connectivity index (χ1n) is 7.15. The number of nitrogen functional groups attached to an aromatic ring is 1. The van der Waals surface area contributed by atoms with E-state index in [9.17, 15) is 4.79 Å². The quantitative estimate of drug-likeness (QED) is 0.583. The van der Waals surface area contributed by atoms with Crippen LogP contribution in [0, 0.1) is 0 Å². The molecule has 2 rings (SSSR count). The van der Waals surface area contributed by atoms with E-state index < -0.39 is 0 Å². The molecule has 4 N–H and O–H groups in total. The minimum atomic E-state index is -0.238. The summed E-state index contributed by atoms with van der Waals surface area (Å²) in [5.41, 5.74) is 2.89. The zero-order valence-corrected chi connectivity index (χ0v) is 12.7. The molecular formula is C16H22N4O. The van der Waals surface area contributed by atoms with E-state index in [1.807, 2.05) is 38.1 Å². The molecule has 0 unspecified atom stereocenters. The molecule has 5 heteroatoms. The Kier molecular flexibility index (Phi) is 4.43. The van der Waals surface area contributed by atoms with Crippen LogP contribution in [-0.2, 0) is 0 Å². The van der Waals surface area contributed by atoms with E-state index in [0.29, 0.717) is 11.4 Å². The molecule has 0 saturated carbocycles. The van der Waals surface area contributed by atoms with Crippen molar-refractivity contribution in [2.24, 2.45) is 5.84 Å². The summed E-state index contributed by atoms with van der Waals surface area (Å²) in [6, 6.07) is 7.59. The van der Waals surface area contributed by atoms with Crippen molar-refractivity contribution in [1.82, 2.24) is 10.3 Å². The second-order valence-electron chi connectivity index (χ2n) is 5.80. The highest BCUT2D eigenvalue weighted by Crippen LogP contribution is 2.24. The molecule has 0 aliphatic carbocycles. The first-order chi connectivity index (χ1) is 9.98. The normalized spacial score (nSPS) is 11.4. The third kappa shape index (κ3) is 3.31. The Bertz CT molecular complexity index is 652. The average molecular weight is 286 g/mol. The zero-order chi connectivity index (χ0) is 15.5. The molecule has 0 radical (unpaired) electrons. The fraction of sp³-hybridized carbons (Fsp3) is 0.375. The summed E-state index contributed by atoms with van der Waals surface area (Å²) >= 11 is 0. The summed E-state index contributed by atoms with van der Waals surface area (Å²) in [7, 11) is 0. The van der Waals surface area contributed by atoms with Crippen LogP contribution < -0.4 is 16.6 Å². The van der Waals surface area contributed by atoms with Gasteiger partial charge in [0.25, 0.3) is 5.91 Å². The van der Waals surface area contributed by atoms with Crippen molar-refractivity contribution in [3.05, 3.63) is 36.0 Å². The van der Waals surface area contributed by atoms with Crippen LogP contribution in [0.15, 0.2) is 30.5 Å². The second kappa shape index (κ2) is 6.10. The Morgan fingerprint density at radius 2 is 1.95 bits per heavy atom. The van der Waals surface area contributed by atoms with Crippen LogP contribution in [0.2, 0.25) is 0 Å². The van der Waals surface area contributed by atoms with Crippen LogP contribution in [0.3, 0.4) is 0 Å². The van der Waals surface area contributed by atoms with Gasteiger partial charge in [0.2, 0.25) is 0 Å². The number of fused-ring (bicyclic) bond motifs is 1. The smallest absolute Gasteiger partial charge is 0.253 e. The molecule has 0 bridgehead atoms. The Hall–Kier alpha value is -2.14. The lowest BCUT2D eigenvalue weighted by molar-refractivity contribution is 0.0910. The van der Waals surface area contributed by atoms with Crippen LogP contribution in [0.1, 0.15) is 44.0 Å². The van der Waals surface area contributed by atoms with Crippen molar-refractivity contribution in [2.45, 2.75) is 39.2 Å². The molecule has 1 amide bonds. The fourth-order valence-electron chi connectivity index (χ4n) is 2.55. The number of amides is 1. The molecule has 1 aromatic carbocycles. The van der Waals surface area contributed by atoms with Crippen LogP contribution >= 0.6 is 0 Å². The summed E-state index contributed by atoms with van der Waals surface area (Å²) in [5.74, 6) is 5.92. The van der Waals surface area contributed by atoms with Gasteiger partial charge >= 0.3 is 0 Å². The SMILES string of the molecule is CCCC(C)(C)NC(=O)c1cnc(NN)c2ccccc12. The van der Waals surface area contributed by atoms with E-state index in [1.54, 1.807) is 6.20 Å². The molecule has 0 fully saturated rings. The third-order valence-corrected chi connectivity index (χ3v) is 3.50. The van der Waals surface area contributed by atoms with E-state index >= 15 is 0 Å². The number of carbonyl (C=O) groups is 1. The highest BCUT2D eigenvalue weighted by Gasteiger charge is 2.21. The van der Waals surface area contributed by atoms with Gasteiger partial charge in [0.15, 0.2) is 0 Å². The summed E-state index contributed by atoms with van der Waals surface area (Å²) in [6.07, 6.45) is 3.50. The fourth-order valence-corrected chi connectivity index (χ4v) is 2.55. The molecule has 0 aliphatic rings. The molecule has 0 aliphatic heterocycles. The number of nitrogens with zero attached hydrogens (tertiary/aromatic N) is 1. The van der Waals surface area contributed by atoms with E-state index in [-0.39, 0.29) is 11.4 Å². The van der Waals surface area contributed by atoms with Gasteiger partial charge in [0.1, 0.15) is 5.82 Å². The largest absolute Gasteiger partial charge is 0.347 e. The molecule has 0 saturated heterocycles. The van der Waals surface area contributed by atoms with Crippen molar-refractivity contribution in [3.63, 3.8) is 0 Å². The molecule has 1 aromatic heterocycles. The Labute approximate surface area is 124 Å². The Balaban J connectivity index is 2.41. The number of carbonyl (C=O) groups excluding carboxylic acids is 1. The number of hydrogen-bond donors (Lipinski definition) is 3. The van der Waals surface area contributed by atoms with Crippen molar-refractivity contribution in [3.8, 4) is 0 Å². The minimum Gasteiger partial charge on any atom is -0.347 e. The first-order valence-corrected chi connectivity index (χ1v) is 7.15. The van der Waals surface area contributed by atoms with Crippen LogP contribution in [0.5, 0.6) is 0 Å². The number of hydrogen-bond acceptors (Lipinski definition) is 4. The highest BCUT2D eigenvalue weighted by molar-refractivity contribution is 6.09.